The third-order valence-corrected chi connectivity index (χ3v) is 4.23. The molecule has 130 valence electrons. The van der Waals surface area contributed by atoms with Crippen LogP contribution in [-0.2, 0) is 12.0 Å². The molecule has 0 amide bonds. The molecule has 0 bridgehead atoms. The number of nitrogens with one attached hydrogen (secondary N) is 1. The van der Waals surface area contributed by atoms with E-state index in [1.807, 2.05) is 0 Å². The van der Waals surface area contributed by atoms with Crippen molar-refractivity contribution >= 4 is 0 Å². The van der Waals surface area contributed by atoms with E-state index in [-0.39, 0.29) is 17.7 Å². The number of hydrogen-bond donors (Lipinski definition) is 2. The molecule has 3 rings (SSSR count). The molecule has 0 saturated heterocycles. The Hall–Kier alpha value is -2.74. The Labute approximate surface area is 141 Å². The van der Waals surface area contributed by atoms with Gasteiger partial charge >= 0.3 is 0 Å². The Balaban J connectivity index is 2.13. The van der Waals surface area contributed by atoms with Crippen LogP contribution in [0.4, 0.5) is 13.2 Å². The average molecular weight is 348 g/mol. The molecule has 0 fully saturated rings. The van der Waals surface area contributed by atoms with E-state index in [0.29, 0.717) is 11.8 Å². The predicted octanol–water partition coefficient (Wildman–Crippen LogP) is 2.85. The molecule has 0 unspecified atom stereocenters. The molecule has 8 heteroatoms. The maximum absolute atomic E-state index is 14.4. The van der Waals surface area contributed by atoms with Gasteiger partial charge in [0.1, 0.15) is 23.6 Å². The Morgan fingerprint density at radius 1 is 1.16 bits per heavy atom. The number of aromatic nitrogens is 4. The first kappa shape index (κ1) is 17.1. The van der Waals surface area contributed by atoms with Gasteiger partial charge in [0, 0.05) is 35.9 Å². The standard InChI is InChI=1S/C17H15F3N4O/c1-10(16-15(20)7-22-9-24-16)17(25,5-12-6-21-8-23-12)13-3-2-11(18)4-14(13)19/h2-4,6-10,25H,5H2,1H3,(H,21,23)/t10-,17+/m0/s1. The zero-order valence-electron chi connectivity index (χ0n) is 13.2. The first-order valence-electron chi connectivity index (χ1n) is 7.52. The van der Waals surface area contributed by atoms with Gasteiger partial charge in [0.25, 0.3) is 0 Å². The second-order valence-corrected chi connectivity index (χ2v) is 5.78. The fourth-order valence-corrected chi connectivity index (χ4v) is 2.86. The third-order valence-electron chi connectivity index (χ3n) is 4.23. The van der Waals surface area contributed by atoms with Crippen molar-refractivity contribution in [3.05, 3.63) is 77.7 Å². The van der Waals surface area contributed by atoms with Gasteiger partial charge in [0.15, 0.2) is 5.82 Å². The lowest BCUT2D eigenvalue weighted by atomic mass is 9.77. The molecule has 2 aromatic heterocycles. The van der Waals surface area contributed by atoms with E-state index in [9.17, 15) is 18.3 Å². The van der Waals surface area contributed by atoms with E-state index in [2.05, 4.69) is 19.9 Å². The molecular formula is C17H15F3N4O. The van der Waals surface area contributed by atoms with E-state index in [0.717, 1.165) is 24.7 Å². The molecule has 25 heavy (non-hydrogen) atoms. The minimum atomic E-state index is -1.89. The molecule has 0 aliphatic rings. The second-order valence-electron chi connectivity index (χ2n) is 5.78. The fraction of sp³-hybridized carbons (Fsp3) is 0.235. The van der Waals surface area contributed by atoms with Crippen molar-refractivity contribution in [3.63, 3.8) is 0 Å². The van der Waals surface area contributed by atoms with Crippen LogP contribution in [0.25, 0.3) is 0 Å². The van der Waals surface area contributed by atoms with Crippen LogP contribution >= 0.6 is 0 Å². The van der Waals surface area contributed by atoms with Crippen LogP contribution in [0.5, 0.6) is 0 Å². The number of hydrogen-bond acceptors (Lipinski definition) is 4. The smallest absolute Gasteiger partial charge is 0.163 e. The molecule has 2 N–H and O–H groups in total. The van der Waals surface area contributed by atoms with Gasteiger partial charge in [-0.1, -0.05) is 13.0 Å². The molecule has 1 aromatic carbocycles. The van der Waals surface area contributed by atoms with Gasteiger partial charge in [-0.25, -0.2) is 28.1 Å². The second kappa shape index (κ2) is 6.64. The summed E-state index contributed by atoms with van der Waals surface area (Å²) in [5.74, 6) is -3.37. The number of nitrogens with zero attached hydrogens (tertiary/aromatic N) is 3. The van der Waals surface area contributed by atoms with E-state index >= 15 is 0 Å². The number of halogens is 3. The van der Waals surface area contributed by atoms with Gasteiger partial charge in [-0.3, -0.25) is 0 Å². The first-order valence-corrected chi connectivity index (χ1v) is 7.52. The SMILES string of the molecule is C[C@@H](c1ncncc1F)[C@](O)(Cc1cnc[nH]1)c1ccc(F)cc1F. The van der Waals surface area contributed by atoms with Crippen LogP contribution < -0.4 is 0 Å². The summed E-state index contributed by atoms with van der Waals surface area (Å²) in [6.07, 6.45) is 4.89. The van der Waals surface area contributed by atoms with Crippen molar-refractivity contribution in [3.8, 4) is 0 Å². The Morgan fingerprint density at radius 3 is 2.60 bits per heavy atom. The number of aliphatic hydroxyl groups is 1. The highest BCUT2D eigenvalue weighted by molar-refractivity contribution is 5.31. The first-order chi connectivity index (χ1) is 11.9. The summed E-state index contributed by atoms with van der Waals surface area (Å²) < 4.78 is 41.8. The van der Waals surface area contributed by atoms with Crippen LogP contribution in [0.1, 0.15) is 29.8 Å². The molecule has 0 spiro atoms. The quantitative estimate of drug-likeness (QED) is 0.744. The number of H-pyrrole nitrogens is 1. The van der Waals surface area contributed by atoms with E-state index < -0.39 is 29.0 Å². The van der Waals surface area contributed by atoms with Crippen LogP contribution in [-0.4, -0.2) is 25.0 Å². The minimum Gasteiger partial charge on any atom is -0.384 e. The summed E-state index contributed by atoms with van der Waals surface area (Å²) >= 11 is 0. The molecule has 0 aliphatic heterocycles. The van der Waals surface area contributed by atoms with Gasteiger partial charge in [-0.05, 0) is 6.07 Å². The van der Waals surface area contributed by atoms with Gasteiger partial charge in [-0.2, -0.15) is 0 Å². The lowest BCUT2D eigenvalue weighted by Crippen LogP contribution is -2.36. The fourth-order valence-electron chi connectivity index (χ4n) is 2.86. The summed E-state index contributed by atoms with van der Waals surface area (Å²) in [7, 11) is 0. The molecule has 3 aromatic rings. The number of rotatable bonds is 5. The van der Waals surface area contributed by atoms with Crippen molar-refractivity contribution < 1.29 is 18.3 Å². The van der Waals surface area contributed by atoms with Crippen LogP contribution in [0.3, 0.4) is 0 Å². The molecule has 0 radical (unpaired) electrons. The third kappa shape index (κ3) is 3.25. The monoisotopic (exact) mass is 348 g/mol. The Kier molecular flexibility index (Phi) is 4.54. The molecule has 5 nitrogen and oxygen atoms in total. The topological polar surface area (TPSA) is 74.7 Å². The predicted molar refractivity (Wildman–Crippen MR) is 83.0 cm³/mol. The zero-order chi connectivity index (χ0) is 18.0. The van der Waals surface area contributed by atoms with Gasteiger partial charge in [0.2, 0.25) is 0 Å². The normalized spacial score (nSPS) is 14.9. The lowest BCUT2D eigenvalue weighted by Gasteiger charge is -2.34. The van der Waals surface area contributed by atoms with Gasteiger partial charge < -0.3 is 10.1 Å². The van der Waals surface area contributed by atoms with E-state index in [4.69, 9.17) is 0 Å². The summed E-state index contributed by atoms with van der Waals surface area (Å²) in [4.78, 5) is 14.1. The summed E-state index contributed by atoms with van der Waals surface area (Å²) in [6, 6.07) is 2.87. The summed E-state index contributed by atoms with van der Waals surface area (Å²) in [6.45, 7) is 1.52. The molecular weight excluding hydrogens is 333 g/mol. The van der Waals surface area contributed by atoms with Crippen LogP contribution in [0, 0.1) is 17.5 Å². The molecule has 0 saturated carbocycles. The van der Waals surface area contributed by atoms with Crippen molar-refractivity contribution in [1.29, 1.82) is 0 Å². The highest BCUT2D eigenvalue weighted by Gasteiger charge is 2.41. The Bertz CT molecular complexity index is 872. The van der Waals surface area contributed by atoms with Gasteiger partial charge in [0.05, 0.1) is 18.2 Å². The zero-order valence-corrected chi connectivity index (χ0v) is 13.2. The van der Waals surface area contributed by atoms with Crippen LogP contribution in [0.2, 0.25) is 0 Å². The molecule has 0 aliphatic carbocycles. The largest absolute Gasteiger partial charge is 0.384 e. The maximum atomic E-state index is 14.4. The van der Waals surface area contributed by atoms with Crippen molar-refractivity contribution in [2.45, 2.75) is 24.9 Å². The lowest BCUT2D eigenvalue weighted by molar-refractivity contribution is 0.00601. The average Bonchev–Trinajstić information content (AvgIpc) is 3.07. The minimum absolute atomic E-state index is 0.0688. The van der Waals surface area contributed by atoms with Crippen molar-refractivity contribution in [1.82, 2.24) is 19.9 Å². The summed E-state index contributed by atoms with van der Waals surface area (Å²) in [5.41, 5.74) is -1.61. The number of aromatic amines is 1. The van der Waals surface area contributed by atoms with E-state index in [1.165, 1.54) is 19.4 Å². The molecule has 2 atom stereocenters. The highest BCUT2D eigenvalue weighted by Crippen LogP contribution is 2.40. The summed E-state index contributed by atoms with van der Waals surface area (Å²) in [5, 5.41) is 11.3. The van der Waals surface area contributed by atoms with E-state index in [1.54, 1.807) is 0 Å². The van der Waals surface area contributed by atoms with Crippen molar-refractivity contribution in [2.75, 3.05) is 0 Å². The number of imidazole rings is 1. The number of benzene rings is 1. The van der Waals surface area contributed by atoms with Crippen LogP contribution in [0.15, 0.2) is 43.2 Å². The highest BCUT2D eigenvalue weighted by atomic mass is 19.1. The maximum Gasteiger partial charge on any atom is 0.163 e. The molecule has 2 heterocycles. The Morgan fingerprint density at radius 2 is 1.96 bits per heavy atom. The van der Waals surface area contributed by atoms with Gasteiger partial charge in [-0.15, -0.1) is 0 Å². The van der Waals surface area contributed by atoms with Crippen molar-refractivity contribution in [2.24, 2.45) is 0 Å².